The monoisotopic (exact) mass is 295 g/mol. The van der Waals surface area contributed by atoms with Crippen LogP contribution in [-0.4, -0.2) is 17.1 Å². The fourth-order valence-electron chi connectivity index (χ4n) is 1.61. The van der Waals surface area contributed by atoms with E-state index >= 15 is 0 Å². The van der Waals surface area contributed by atoms with Gasteiger partial charge < -0.3 is 5.11 Å². The Labute approximate surface area is 115 Å². The van der Waals surface area contributed by atoms with Crippen LogP contribution in [0.5, 0.6) is 0 Å². The summed E-state index contributed by atoms with van der Waals surface area (Å²) in [5, 5.41) is 12.1. The predicted octanol–water partition coefficient (Wildman–Crippen LogP) is 3.96. The fraction of sp³-hybridized carbons (Fsp3) is 0.545. The minimum atomic E-state index is -0.837. The highest BCUT2D eigenvalue weighted by Gasteiger charge is 2.21. The molecule has 1 heterocycles. The number of carboxylic acid groups (broad SMARTS) is 1. The molecule has 0 aliphatic carbocycles. The van der Waals surface area contributed by atoms with Crippen LogP contribution in [0.3, 0.4) is 0 Å². The molecule has 0 saturated heterocycles. The SMILES string of the molecule is CCCC(NC(C)c1cc(Cl)sc1Cl)C(=O)O. The molecule has 0 bridgehead atoms. The Morgan fingerprint density at radius 3 is 2.65 bits per heavy atom. The average molecular weight is 296 g/mol. The zero-order valence-corrected chi connectivity index (χ0v) is 12.0. The zero-order chi connectivity index (χ0) is 13.0. The summed E-state index contributed by atoms with van der Waals surface area (Å²) in [5.74, 6) is -0.837. The summed E-state index contributed by atoms with van der Waals surface area (Å²) < 4.78 is 1.22. The van der Waals surface area contributed by atoms with E-state index in [4.69, 9.17) is 28.3 Å². The van der Waals surface area contributed by atoms with Crippen molar-refractivity contribution in [3.05, 3.63) is 20.3 Å². The molecule has 1 aromatic heterocycles. The lowest BCUT2D eigenvalue weighted by molar-refractivity contribution is -0.139. The van der Waals surface area contributed by atoms with Crippen molar-refractivity contribution < 1.29 is 9.90 Å². The van der Waals surface area contributed by atoms with E-state index in [9.17, 15) is 4.79 Å². The van der Waals surface area contributed by atoms with Crippen molar-refractivity contribution in [1.82, 2.24) is 5.32 Å². The number of nitrogens with one attached hydrogen (secondary N) is 1. The molecule has 6 heteroatoms. The van der Waals surface area contributed by atoms with Crippen molar-refractivity contribution in [2.75, 3.05) is 0 Å². The molecule has 2 unspecified atom stereocenters. The Morgan fingerprint density at radius 1 is 1.59 bits per heavy atom. The highest BCUT2D eigenvalue weighted by atomic mass is 35.5. The molecule has 0 aromatic carbocycles. The van der Waals surface area contributed by atoms with E-state index in [0.717, 1.165) is 12.0 Å². The topological polar surface area (TPSA) is 49.3 Å². The molecule has 1 aromatic rings. The van der Waals surface area contributed by atoms with Gasteiger partial charge in [0.25, 0.3) is 0 Å². The van der Waals surface area contributed by atoms with Crippen molar-refractivity contribution in [2.24, 2.45) is 0 Å². The van der Waals surface area contributed by atoms with Gasteiger partial charge in [0.2, 0.25) is 0 Å². The van der Waals surface area contributed by atoms with E-state index in [1.807, 2.05) is 13.8 Å². The lowest BCUT2D eigenvalue weighted by atomic mass is 10.1. The summed E-state index contributed by atoms with van der Waals surface area (Å²) >= 11 is 13.2. The maximum Gasteiger partial charge on any atom is 0.320 e. The molecule has 0 aliphatic heterocycles. The van der Waals surface area contributed by atoms with Gasteiger partial charge >= 0.3 is 5.97 Å². The van der Waals surface area contributed by atoms with Gasteiger partial charge in [0, 0.05) is 6.04 Å². The molecule has 2 atom stereocenters. The number of rotatable bonds is 6. The summed E-state index contributed by atoms with van der Waals surface area (Å²) in [6.07, 6.45) is 1.41. The van der Waals surface area contributed by atoms with Crippen molar-refractivity contribution in [3.8, 4) is 0 Å². The van der Waals surface area contributed by atoms with Crippen molar-refractivity contribution in [2.45, 2.75) is 38.8 Å². The van der Waals surface area contributed by atoms with E-state index in [1.165, 1.54) is 11.3 Å². The van der Waals surface area contributed by atoms with E-state index in [1.54, 1.807) is 6.07 Å². The molecule has 0 aliphatic rings. The Kier molecular flexibility index (Phi) is 5.73. The van der Waals surface area contributed by atoms with Crippen molar-refractivity contribution >= 4 is 40.5 Å². The Balaban J connectivity index is 2.73. The van der Waals surface area contributed by atoms with Gasteiger partial charge in [-0.3, -0.25) is 10.1 Å². The van der Waals surface area contributed by atoms with Crippen LogP contribution in [0.2, 0.25) is 8.67 Å². The molecule has 96 valence electrons. The summed E-state index contributed by atoms with van der Waals surface area (Å²) in [6, 6.07) is 1.10. The number of carbonyl (C=O) groups is 1. The first-order chi connectivity index (χ1) is 7.95. The van der Waals surface area contributed by atoms with Gasteiger partial charge in [0.05, 0.1) is 8.67 Å². The van der Waals surface area contributed by atoms with Crippen LogP contribution >= 0.6 is 34.5 Å². The molecule has 3 nitrogen and oxygen atoms in total. The lowest BCUT2D eigenvalue weighted by Crippen LogP contribution is -2.38. The normalized spacial score (nSPS) is 14.6. The van der Waals surface area contributed by atoms with Crippen molar-refractivity contribution in [1.29, 1.82) is 0 Å². The van der Waals surface area contributed by atoms with Gasteiger partial charge in [0.15, 0.2) is 0 Å². The second kappa shape index (κ2) is 6.59. The maximum atomic E-state index is 11.0. The minimum Gasteiger partial charge on any atom is -0.480 e. The highest BCUT2D eigenvalue weighted by Crippen LogP contribution is 2.35. The number of hydrogen-bond donors (Lipinski definition) is 2. The van der Waals surface area contributed by atoms with Gasteiger partial charge in [0.1, 0.15) is 6.04 Å². The average Bonchev–Trinajstić information content (AvgIpc) is 2.57. The molecule has 0 spiro atoms. The third-order valence-electron chi connectivity index (χ3n) is 2.48. The lowest BCUT2D eigenvalue weighted by Gasteiger charge is -2.19. The van der Waals surface area contributed by atoms with E-state index < -0.39 is 12.0 Å². The van der Waals surface area contributed by atoms with Crippen LogP contribution in [0.4, 0.5) is 0 Å². The Morgan fingerprint density at radius 2 is 2.24 bits per heavy atom. The predicted molar refractivity (Wildman–Crippen MR) is 72.2 cm³/mol. The molecule has 0 radical (unpaired) electrons. The number of carboxylic acids is 1. The quantitative estimate of drug-likeness (QED) is 0.835. The molecular weight excluding hydrogens is 281 g/mol. The molecule has 0 amide bonds. The fourth-order valence-corrected chi connectivity index (χ4v) is 3.25. The molecule has 0 fully saturated rings. The largest absolute Gasteiger partial charge is 0.480 e. The molecule has 0 saturated carbocycles. The summed E-state index contributed by atoms with van der Waals surface area (Å²) in [4.78, 5) is 11.0. The maximum absolute atomic E-state index is 11.0. The van der Waals surface area contributed by atoms with Gasteiger partial charge in [-0.05, 0) is 25.0 Å². The highest BCUT2D eigenvalue weighted by molar-refractivity contribution is 7.20. The molecule has 2 N–H and O–H groups in total. The third kappa shape index (κ3) is 4.14. The van der Waals surface area contributed by atoms with Gasteiger partial charge in [-0.15, -0.1) is 11.3 Å². The Hall–Kier alpha value is -0.290. The summed E-state index contributed by atoms with van der Waals surface area (Å²) in [6.45, 7) is 3.84. The van der Waals surface area contributed by atoms with E-state index in [0.29, 0.717) is 15.1 Å². The van der Waals surface area contributed by atoms with Gasteiger partial charge in [-0.25, -0.2) is 0 Å². The molecule has 1 rings (SSSR count). The summed E-state index contributed by atoms with van der Waals surface area (Å²) in [5.41, 5.74) is 0.851. The van der Waals surface area contributed by atoms with Crippen LogP contribution < -0.4 is 5.32 Å². The number of thiophene rings is 1. The van der Waals surface area contributed by atoms with Crippen molar-refractivity contribution in [3.63, 3.8) is 0 Å². The van der Waals surface area contributed by atoms with E-state index in [2.05, 4.69) is 5.32 Å². The molecule has 17 heavy (non-hydrogen) atoms. The van der Waals surface area contributed by atoms with Crippen LogP contribution in [0.1, 0.15) is 38.3 Å². The summed E-state index contributed by atoms with van der Waals surface area (Å²) in [7, 11) is 0. The first kappa shape index (κ1) is 14.8. The van der Waals surface area contributed by atoms with Crippen LogP contribution in [0, 0.1) is 0 Å². The second-order valence-corrected chi connectivity index (χ2v) is 6.13. The second-order valence-electron chi connectivity index (χ2n) is 3.85. The first-order valence-corrected chi connectivity index (χ1v) is 6.96. The first-order valence-electron chi connectivity index (χ1n) is 5.39. The van der Waals surface area contributed by atoms with Crippen LogP contribution in [0.25, 0.3) is 0 Å². The zero-order valence-electron chi connectivity index (χ0n) is 9.67. The standard InChI is InChI=1S/C11H15Cl2NO2S/c1-3-4-8(11(15)16)14-6(2)7-5-9(12)17-10(7)13/h5-6,8,14H,3-4H2,1-2H3,(H,15,16). The third-order valence-corrected chi connectivity index (χ3v) is 3.99. The smallest absolute Gasteiger partial charge is 0.320 e. The number of halogens is 2. The van der Waals surface area contributed by atoms with Gasteiger partial charge in [-0.1, -0.05) is 36.5 Å². The molecular formula is C11H15Cl2NO2S. The Bertz CT molecular complexity index is 395. The van der Waals surface area contributed by atoms with Crippen LogP contribution in [-0.2, 0) is 4.79 Å². The number of hydrogen-bond acceptors (Lipinski definition) is 3. The van der Waals surface area contributed by atoms with Gasteiger partial charge in [-0.2, -0.15) is 0 Å². The van der Waals surface area contributed by atoms with Crippen LogP contribution in [0.15, 0.2) is 6.07 Å². The minimum absolute atomic E-state index is 0.126. The van der Waals surface area contributed by atoms with E-state index in [-0.39, 0.29) is 6.04 Å². The number of aliphatic carboxylic acids is 1.